The summed E-state index contributed by atoms with van der Waals surface area (Å²) in [6, 6.07) is 7.68. The molecule has 1 rings (SSSR count). The number of aliphatic hydroxyl groups is 1. The first kappa shape index (κ1) is 15.1. The predicted molar refractivity (Wildman–Crippen MR) is 76.8 cm³/mol. The molecular formula is C16H19NO2. The molecule has 0 saturated carbocycles. The molecule has 3 heteroatoms. The van der Waals surface area contributed by atoms with Gasteiger partial charge in [0.1, 0.15) is 18.5 Å². The lowest BCUT2D eigenvalue weighted by atomic mass is 10.2. The number of aliphatic hydroxyl groups excluding tert-OH is 1. The predicted octanol–water partition coefficient (Wildman–Crippen LogP) is 1.30. The van der Waals surface area contributed by atoms with Crippen LogP contribution in [0.4, 0.5) is 0 Å². The molecule has 1 N–H and O–H groups in total. The summed E-state index contributed by atoms with van der Waals surface area (Å²) in [5, 5.41) is 9.88. The molecule has 0 fully saturated rings. The van der Waals surface area contributed by atoms with Gasteiger partial charge in [0.05, 0.1) is 13.1 Å². The molecule has 0 amide bonds. The number of rotatable bonds is 7. The van der Waals surface area contributed by atoms with E-state index in [0.717, 1.165) is 5.75 Å². The number of hydrogen-bond donors (Lipinski definition) is 1. The Morgan fingerprint density at radius 2 is 1.79 bits per heavy atom. The monoisotopic (exact) mass is 257 g/mol. The number of ether oxygens (including phenoxy) is 1. The standard InChI is InChI=1S/C16H19NO2/c1-4-10-17(11-5-2)12-15(18)13-19-16-8-6-14(3)7-9-16/h1-2,6-9,15,18H,10-13H2,3H3. The lowest BCUT2D eigenvalue weighted by Crippen LogP contribution is -2.36. The molecular weight excluding hydrogens is 238 g/mol. The summed E-state index contributed by atoms with van der Waals surface area (Å²) in [6.45, 7) is 3.47. The third-order valence-electron chi connectivity index (χ3n) is 2.56. The topological polar surface area (TPSA) is 32.7 Å². The van der Waals surface area contributed by atoms with Crippen molar-refractivity contribution >= 4 is 0 Å². The number of hydrogen-bond acceptors (Lipinski definition) is 3. The van der Waals surface area contributed by atoms with E-state index in [4.69, 9.17) is 17.6 Å². The van der Waals surface area contributed by atoms with Gasteiger partial charge in [-0.25, -0.2) is 0 Å². The molecule has 1 atom stereocenters. The average Bonchev–Trinajstić information content (AvgIpc) is 2.39. The third kappa shape index (κ3) is 5.97. The van der Waals surface area contributed by atoms with Crippen molar-refractivity contribution in [3.63, 3.8) is 0 Å². The van der Waals surface area contributed by atoms with Gasteiger partial charge in [-0.05, 0) is 19.1 Å². The Hall–Kier alpha value is -1.94. The third-order valence-corrected chi connectivity index (χ3v) is 2.56. The first-order chi connectivity index (χ1) is 9.15. The second-order valence-corrected chi connectivity index (χ2v) is 4.36. The molecule has 100 valence electrons. The first-order valence-corrected chi connectivity index (χ1v) is 6.12. The van der Waals surface area contributed by atoms with Gasteiger partial charge in [0.2, 0.25) is 0 Å². The Bertz CT molecular complexity index is 437. The molecule has 0 aliphatic heterocycles. The Morgan fingerprint density at radius 1 is 1.21 bits per heavy atom. The molecule has 19 heavy (non-hydrogen) atoms. The highest BCUT2D eigenvalue weighted by Crippen LogP contribution is 2.11. The minimum Gasteiger partial charge on any atom is -0.491 e. The Kier molecular flexibility index (Phi) is 6.53. The van der Waals surface area contributed by atoms with E-state index >= 15 is 0 Å². The molecule has 0 radical (unpaired) electrons. The molecule has 0 aliphatic rings. The quantitative estimate of drug-likeness (QED) is 0.747. The van der Waals surface area contributed by atoms with E-state index in [-0.39, 0.29) is 6.61 Å². The van der Waals surface area contributed by atoms with Crippen LogP contribution in [-0.4, -0.2) is 42.4 Å². The summed E-state index contributed by atoms with van der Waals surface area (Å²) >= 11 is 0. The molecule has 1 aromatic rings. The van der Waals surface area contributed by atoms with Gasteiger partial charge in [-0.3, -0.25) is 4.90 Å². The van der Waals surface area contributed by atoms with Crippen LogP contribution in [0.3, 0.4) is 0 Å². The van der Waals surface area contributed by atoms with Crippen molar-refractivity contribution in [2.45, 2.75) is 13.0 Å². The van der Waals surface area contributed by atoms with Gasteiger partial charge in [-0.2, -0.15) is 0 Å². The van der Waals surface area contributed by atoms with Gasteiger partial charge < -0.3 is 9.84 Å². The SMILES string of the molecule is C#CCN(CC#C)CC(O)COc1ccc(C)cc1. The maximum absolute atomic E-state index is 9.88. The van der Waals surface area contributed by atoms with Crippen molar-refractivity contribution in [2.75, 3.05) is 26.2 Å². The number of nitrogens with zero attached hydrogens (tertiary/aromatic N) is 1. The Labute approximate surface area is 115 Å². The van der Waals surface area contributed by atoms with Crippen molar-refractivity contribution in [1.29, 1.82) is 0 Å². The van der Waals surface area contributed by atoms with Crippen LogP contribution in [0.5, 0.6) is 5.75 Å². The van der Waals surface area contributed by atoms with Crippen LogP contribution in [0, 0.1) is 31.6 Å². The molecule has 0 heterocycles. The normalized spacial score (nSPS) is 11.6. The van der Waals surface area contributed by atoms with Crippen molar-refractivity contribution in [3.8, 4) is 30.4 Å². The van der Waals surface area contributed by atoms with E-state index < -0.39 is 6.10 Å². The van der Waals surface area contributed by atoms with Gasteiger partial charge in [0, 0.05) is 6.54 Å². The van der Waals surface area contributed by atoms with Crippen LogP contribution in [0.1, 0.15) is 5.56 Å². The van der Waals surface area contributed by atoms with Crippen molar-refractivity contribution in [3.05, 3.63) is 29.8 Å². The minimum atomic E-state index is -0.622. The molecule has 1 unspecified atom stereocenters. The fraction of sp³-hybridized carbons (Fsp3) is 0.375. The van der Waals surface area contributed by atoms with E-state index in [1.165, 1.54) is 5.56 Å². The smallest absolute Gasteiger partial charge is 0.119 e. The van der Waals surface area contributed by atoms with Crippen molar-refractivity contribution < 1.29 is 9.84 Å². The zero-order valence-corrected chi connectivity index (χ0v) is 11.2. The molecule has 1 aromatic carbocycles. The number of benzene rings is 1. The fourth-order valence-corrected chi connectivity index (χ4v) is 1.62. The van der Waals surface area contributed by atoms with E-state index in [1.807, 2.05) is 36.1 Å². The average molecular weight is 257 g/mol. The van der Waals surface area contributed by atoms with Gasteiger partial charge >= 0.3 is 0 Å². The first-order valence-electron chi connectivity index (χ1n) is 6.12. The lowest BCUT2D eigenvalue weighted by molar-refractivity contribution is 0.0765. The molecule has 0 bridgehead atoms. The maximum Gasteiger partial charge on any atom is 0.119 e. The molecule has 0 aromatic heterocycles. The summed E-state index contributed by atoms with van der Waals surface area (Å²) in [5.74, 6) is 5.77. The highest BCUT2D eigenvalue weighted by atomic mass is 16.5. The van der Waals surface area contributed by atoms with Gasteiger partial charge in [-0.1, -0.05) is 29.5 Å². The molecule has 0 saturated heterocycles. The summed E-state index contributed by atoms with van der Waals surface area (Å²) in [6.07, 6.45) is 9.86. The Morgan fingerprint density at radius 3 is 2.32 bits per heavy atom. The van der Waals surface area contributed by atoms with Crippen LogP contribution in [0.15, 0.2) is 24.3 Å². The van der Waals surface area contributed by atoms with Crippen molar-refractivity contribution in [2.24, 2.45) is 0 Å². The summed E-state index contributed by atoms with van der Waals surface area (Å²) < 4.78 is 5.50. The lowest BCUT2D eigenvalue weighted by Gasteiger charge is -2.20. The van der Waals surface area contributed by atoms with Crippen LogP contribution < -0.4 is 4.74 Å². The summed E-state index contributed by atoms with van der Waals surface area (Å²) in [5.41, 5.74) is 1.17. The van der Waals surface area contributed by atoms with Gasteiger partial charge in [-0.15, -0.1) is 12.8 Å². The fourth-order valence-electron chi connectivity index (χ4n) is 1.62. The van der Waals surface area contributed by atoms with E-state index in [0.29, 0.717) is 19.6 Å². The molecule has 3 nitrogen and oxygen atoms in total. The van der Waals surface area contributed by atoms with E-state index in [1.54, 1.807) is 0 Å². The Balaban J connectivity index is 2.38. The van der Waals surface area contributed by atoms with Gasteiger partial charge in [0.15, 0.2) is 0 Å². The van der Waals surface area contributed by atoms with Crippen LogP contribution in [0.2, 0.25) is 0 Å². The zero-order chi connectivity index (χ0) is 14.1. The van der Waals surface area contributed by atoms with Crippen LogP contribution in [0.25, 0.3) is 0 Å². The second-order valence-electron chi connectivity index (χ2n) is 4.36. The largest absolute Gasteiger partial charge is 0.491 e. The van der Waals surface area contributed by atoms with Crippen LogP contribution >= 0.6 is 0 Å². The van der Waals surface area contributed by atoms with Gasteiger partial charge in [0.25, 0.3) is 0 Å². The second kappa shape index (κ2) is 8.21. The van der Waals surface area contributed by atoms with E-state index in [9.17, 15) is 5.11 Å². The number of aryl methyl sites for hydroxylation is 1. The zero-order valence-electron chi connectivity index (χ0n) is 11.2. The van der Waals surface area contributed by atoms with Crippen LogP contribution in [-0.2, 0) is 0 Å². The molecule has 0 aliphatic carbocycles. The summed E-state index contributed by atoms with van der Waals surface area (Å²) in [7, 11) is 0. The van der Waals surface area contributed by atoms with Crippen molar-refractivity contribution in [1.82, 2.24) is 4.90 Å². The maximum atomic E-state index is 9.88. The number of terminal acetylenes is 2. The van der Waals surface area contributed by atoms with E-state index in [2.05, 4.69) is 11.8 Å². The highest BCUT2D eigenvalue weighted by Gasteiger charge is 2.10. The minimum absolute atomic E-state index is 0.217. The molecule has 0 spiro atoms. The highest BCUT2D eigenvalue weighted by molar-refractivity contribution is 5.26. The summed E-state index contributed by atoms with van der Waals surface area (Å²) in [4.78, 5) is 1.82.